The van der Waals surface area contributed by atoms with E-state index in [9.17, 15) is 9.90 Å². The highest BCUT2D eigenvalue weighted by atomic mass is 16.3. The van der Waals surface area contributed by atoms with E-state index < -0.39 is 6.10 Å². The van der Waals surface area contributed by atoms with Gasteiger partial charge in [0, 0.05) is 12.0 Å². The van der Waals surface area contributed by atoms with Crippen LogP contribution in [0.2, 0.25) is 0 Å². The molecule has 1 fully saturated rings. The summed E-state index contributed by atoms with van der Waals surface area (Å²) in [4.78, 5) is 14.0. The van der Waals surface area contributed by atoms with Crippen molar-refractivity contribution in [3.63, 3.8) is 0 Å². The number of amides is 1. The van der Waals surface area contributed by atoms with Gasteiger partial charge in [-0.2, -0.15) is 0 Å². The van der Waals surface area contributed by atoms with Gasteiger partial charge in [0.1, 0.15) is 0 Å². The summed E-state index contributed by atoms with van der Waals surface area (Å²) in [5.41, 5.74) is 0.780. The molecule has 0 aromatic heterocycles. The van der Waals surface area contributed by atoms with Crippen molar-refractivity contribution >= 4 is 5.91 Å². The quantitative estimate of drug-likeness (QED) is 0.866. The molecule has 0 bridgehead atoms. The van der Waals surface area contributed by atoms with Crippen molar-refractivity contribution in [1.82, 2.24) is 4.90 Å². The standard InChI is InChI=1S/C15H21NO2/c1-15(2,3)14(18)16-10-13(17)12(16)9-11-7-5-4-6-8-11/h4-8,12-13,17H,9-10H2,1-3H3/t12-,13+/m1/s1. The van der Waals surface area contributed by atoms with Crippen molar-refractivity contribution in [3.8, 4) is 0 Å². The van der Waals surface area contributed by atoms with Crippen LogP contribution in [0.25, 0.3) is 0 Å². The Hall–Kier alpha value is -1.35. The van der Waals surface area contributed by atoms with E-state index in [0.29, 0.717) is 6.54 Å². The SMILES string of the molecule is CC(C)(C)C(=O)N1C[C@H](O)[C@H]1Cc1ccccc1. The second-order valence-corrected chi connectivity index (χ2v) is 6.03. The zero-order chi connectivity index (χ0) is 13.3. The summed E-state index contributed by atoms with van der Waals surface area (Å²) in [6.45, 7) is 6.21. The molecule has 0 saturated carbocycles. The van der Waals surface area contributed by atoms with Gasteiger partial charge >= 0.3 is 0 Å². The first-order valence-electron chi connectivity index (χ1n) is 6.42. The third-order valence-electron chi connectivity index (χ3n) is 3.42. The molecule has 3 nitrogen and oxygen atoms in total. The first kappa shape index (κ1) is 13.1. The highest BCUT2D eigenvalue weighted by molar-refractivity contribution is 5.82. The molecule has 1 aliphatic rings. The van der Waals surface area contributed by atoms with E-state index in [1.807, 2.05) is 51.1 Å². The summed E-state index contributed by atoms with van der Waals surface area (Å²) in [5.74, 6) is 0.119. The van der Waals surface area contributed by atoms with Crippen LogP contribution >= 0.6 is 0 Å². The summed E-state index contributed by atoms with van der Waals surface area (Å²) < 4.78 is 0. The minimum Gasteiger partial charge on any atom is -0.389 e. The first-order chi connectivity index (χ1) is 8.39. The van der Waals surface area contributed by atoms with Crippen LogP contribution in [0.1, 0.15) is 26.3 Å². The van der Waals surface area contributed by atoms with Gasteiger partial charge in [0.2, 0.25) is 5.91 Å². The number of β-amino-alcohol motifs (C(OH)–C–C–N with tert-alkyl or cyclic N) is 1. The Morgan fingerprint density at radius 3 is 2.44 bits per heavy atom. The van der Waals surface area contributed by atoms with E-state index in [1.165, 1.54) is 0 Å². The Morgan fingerprint density at radius 1 is 1.33 bits per heavy atom. The fourth-order valence-electron chi connectivity index (χ4n) is 2.29. The smallest absolute Gasteiger partial charge is 0.228 e. The lowest BCUT2D eigenvalue weighted by Gasteiger charge is -2.48. The van der Waals surface area contributed by atoms with Gasteiger partial charge < -0.3 is 10.0 Å². The highest BCUT2D eigenvalue weighted by Gasteiger charge is 2.43. The Bertz CT molecular complexity index is 422. The number of hydrogen-bond acceptors (Lipinski definition) is 2. The molecular weight excluding hydrogens is 226 g/mol. The second kappa shape index (κ2) is 4.73. The molecule has 0 spiro atoms. The first-order valence-corrected chi connectivity index (χ1v) is 6.42. The van der Waals surface area contributed by atoms with E-state index in [0.717, 1.165) is 12.0 Å². The molecule has 1 N–H and O–H groups in total. The molecule has 2 rings (SSSR count). The van der Waals surface area contributed by atoms with Crippen LogP contribution in [0.15, 0.2) is 30.3 Å². The molecule has 0 aliphatic carbocycles. The third kappa shape index (κ3) is 2.56. The molecule has 1 saturated heterocycles. The number of nitrogens with zero attached hydrogens (tertiary/aromatic N) is 1. The van der Waals surface area contributed by atoms with Gasteiger partial charge in [-0.3, -0.25) is 4.79 Å². The molecule has 1 aliphatic heterocycles. The van der Waals surface area contributed by atoms with Crippen molar-refractivity contribution < 1.29 is 9.90 Å². The molecule has 1 aromatic rings. The lowest BCUT2D eigenvalue weighted by Crippen LogP contribution is -2.65. The number of aliphatic hydroxyl groups excluding tert-OH is 1. The molecule has 1 amide bonds. The van der Waals surface area contributed by atoms with Gasteiger partial charge in [-0.25, -0.2) is 0 Å². The molecule has 3 heteroatoms. The van der Waals surface area contributed by atoms with E-state index in [1.54, 1.807) is 4.90 Å². The molecule has 1 aromatic carbocycles. The average Bonchev–Trinajstić information content (AvgIpc) is 2.32. The van der Waals surface area contributed by atoms with Crippen LogP contribution < -0.4 is 0 Å². The van der Waals surface area contributed by atoms with Gasteiger partial charge in [0.25, 0.3) is 0 Å². The predicted molar refractivity (Wildman–Crippen MR) is 71.1 cm³/mol. The number of aliphatic hydroxyl groups is 1. The van der Waals surface area contributed by atoms with Crippen molar-refractivity contribution in [2.75, 3.05) is 6.54 Å². The fourth-order valence-corrected chi connectivity index (χ4v) is 2.29. The lowest BCUT2D eigenvalue weighted by atomic mass is 9.86. The van der Waals surface area contributed by atoms with Gasteiger partial charge in [-0.05, 0) is 12.0 Å². The Kier molecular flexibility index (Phi) is 3.44. The van der Waals surface area contributed by atoms with Crippen molar-refractivity contribution in [1.29, 1.82) is 0 Å². The van der Waals surface area contributed by atoms with Gasteiger partial charge in [-0.15, -0.1) is 0 Å². The minimum absolute atomic E-state index is 0.0703. The van der Waals surface area contributed by atoms with Crippen LogP contribution in [0.4, 0.5) is 0 Å². The largest absolute Gasteiger partial charge is 0.389 e. The predicted octanol–water partition coefficient (Wildman–Crippen LogP) is 1.85. The maximum absolute atomic E-state index is 12.2. The normalized spacial score (nSPS) is 23.7. The van der Waals surface area contributed by atoms with Gasteiger partial charge in [0.05, 0.1) is 12.1 Å². The van der Waals surface area contributed by atoms with Crippen molar-refractivity contribution in [3.05, 3.63) is 35.9 Å². The van der Waals surface area contributed by atoms with E-state index >= 15 is 0 Å². The minimum atomic E-state index is -0.392. The number of benzene rings is 1. The maximum atomic E-state index is 12.2. The second-order valence-electron chi connectivity index (χ2n) is 6.03. The average molecular weight is 247 g/mol. The van der Waals surface area contributed by atoms with Crippen LogP contribution in [0, 0.1) is 5.41 Å². The number of likely N-dealkylation sites (tertiary alicyclic amines) is 1. The molecule has 2 atom stereocenters. The highest BCUT2D eigenvalue weighted by Crippen LogP contribution is 2.28. The monoisotopic (exact) mass is 247 g/mol. The summed E-state index contributed by atoms with van der Waals surface area (Å²) in [6.07, 6.45) is 0.334. The molecular formula is C15H21NO2. The lowest BCUT2D eigenvalue weighted by molar-refractivity contribution is -0.159. The van der Waals surface area contributed by atoms with Crippen molar-refractivity contribution in [2.45, 2.75) is 39.3 Å². The van der Waals surface area contributed by atoms with Crippen LogP contribution in [0.5, 0.6) is 0 Å². The van der Waals surface area contributed by atoms with E-state index in [-0.39, 0.29) is 17.4 Å². The summed E-state index contributed by atoms with van der Waals surface area (Å²) in [7, 11) is 0. The van der Waals surface area contributed by atoms with Gasteiger partial charge in [0.15, 0.2) is 0 Å². The fraction of sp³-hybridized carbons (Fsp3) is 0.533. The van der Waals surface area contributed by atoms with Crippen LogP contribution in [-0.4, -0.2) is 34.6 Å². The van der Waals surface area contributed by atoms with Gasteiger partial charge in [-0.1, -0.05) is 51.1 Å². The van der Waals surface area contributed by atoms with E-state index in [4.69, 9.17) is 0 Å². The van der Waals surface area contributed by atoms with Crippen LogP contribution in [0.3, 0.4) is 0 Å². The Labute approximate surface area is 108 Å². The molecule has 0 radical (unpaired) electrons. The molecule has 0 unspecified atom stereocenters. The Balaban J connectivity index is 2.06. The summed E-state index contributed by atoms with van der Waals surface area (Å²) in [5, 5.41) is 9.86. The molecule has 18 heavy (non-hydrogen) atoms. The maximum Gasteiger partial charge on any atom is 0.228 e. The molecule has 98 valence electrons. The third-order valence-corrected chi connectivity index (χ3v) is 3.42. The van der Waals surface area contributed by atoms with Crippen LogP contribution in [-0.2, 0) is 11.2 Å². The topological polar surface area (TPSA) is 40.5 Å². The molecule has 1 heterocycles. The van der Waals surface area contributed by atoms with E-state index in [2.05, 4.69) is 0 Å². The zero-order valence-corrected chi connectivity index (χ0v) is 11.3. The Morgan fingerprint density at radius 2 is 1.94 bits per heavy atom. The summed E-state index contributed by atoms with van der Waals surface area (Å²) >= 11 is 0. The van der Waals surface area contributed by atoms with Crippen molar-refractivity contribution in [2.24, 2.45) is 5.41 Å². The number of carbonyl (C=O) groups is 1. The number of carbonyl (C=O) groups excluding carboxylic acids is 1. The summed E-state index contributed by atoms with van der Waals surface area (Å²) in [6, 6.07) is 9.93. The zero-order valence-electron chi connectivity index (χ0n) is 11.3. The number of rotatable bonds is 2. The number of hydrogen-bond donors (Lipinski definition) is 1.